The number of esters is 4. The predicted octanol–water partition coefficient (Wildman–Crippen LogP) is 23.7. The van der Waals surface area contributed by atoms with Gasteiger partial charge in [0.25, 0.3) is 0 Å². The molecule has 2 unspecified atom stereocenters. The third-order valence-corrected chi connectivity index (χ3v) is 20.5. The van der Waals surface area contributed by atoms with Crippen molar-refractivity contribution in [1.82, 2.24) is 0 Å². The Bertz CT molecular complexity index is 1920. The topological polar surface area (TPSA) is 237 Å². The Morgan fingerprint density at radius 1 is 0.273 bits per heavy atom. The van der Waals surface area contributed by atoms with Crippen molar-refractivity contribution in [3.05, 3.63) is 0 Å². The van der Waals surface area contributed by atoms with Gasteiger partial charge >= 0.3 is 39.5 Å². The first-order valence-electron chi connectivity index (χ1n) is 41.3. The van der Waals surface area contributed by atoms with Crippen LogP contribution in [0.4, 0.5) is 0 Å². The molecular formula is C80H156O17P2. The lowest BCUT2D eigenvalue weighted by molar-refractivity contribution is -0.161. The van der Waals surface area contributed by atoms with Gasteiger partial charge in [0.05, 0.1) is 26.4 Å². The van der Waals surface area contributed by atoms with Crippen molar-refractivity contribution in [2.45, 2.75) is 433 Å². The molecule has 0 spiro atoms. The van der Waals surface area contributed by atoms with E-state index in [2.05, 4.69) is 48.5 Å². The van der Waals surface area contributed by atoms with E-state index < -0.39 is 97.5 Å². The van der Waals surface area contributed by atoms with E-state index in [0.29, 0.717) is 25.7 Å². The average molecular weight is 1450 g/mol. The number of hydrogen-bond acceptors (Lipinski definition) is 15. The van der Waals surface area contributed by atoms with Gasteiger partial charge in [-0.25, -0.2) is 9.13 Å². The van der Waals surface area contributed by atoms with Crippen LogP contribution in [0, 0.1) is 17.8 Å². The van der Waals surface area contributed by atoms with Gasteiger partial charge in [0.2, 0.25) is 0 Å². The molecule has 0 aliphatic carbocycles. The fourth-order valence-electron chi connectivity index (χ4n) is 12.3. The number of aliphatic hydroxyl groups is 1. The minimum absolute atomic E-state index is 0.107. The fraction of sp³-hybridized carbons (Fsp3) is 0.950. The average Bonchev–Trinajstić information content (AvgIpc) is 1.10. The van der Waals surface area contributed by atoms with E-state index in [1.54, 1.807) is 0 Å². The first-order valence-corrected chi connectivity index (χ1v) is 44.3. The van der Waals surface area contributed by atoms with E-state index in [-0.39, 0.29) is 25.7 Å². The maximum Gasteiger partial charge on any atom is 0.472 e. The second-order valence-corrected chi connectivity index (χ2v) is 33.1. The standard InChI is InChI=1S/C80H156O17P2/c1-8-9-10-11-12-13-14-21-25-34-42-49-56-63-79(84)97-76(68-91-78(83)62-55-48-41-36-29-32-39-46-53-60-73(6)7)70-95-99(88,89)93-66-74(81)65-92-98(86,87)94-69-75(67-90-77(82)61-54-47-40-33-28-27-31-38-45-52-59-72(4)5)96-80(85)64-57-50-43-35-26-23-20-18-16-15-17-19-22-24-30-37-44-51-58-71(2)3/h71-76,81H,8-70H2,1-7H3,(H,86,87)(H,88,89)/t74-,75-,76-/m1/s1. The molecule has 3 N–H and O–H groups in total. The molecule has 19 heteroatoms. The zero-order chi connectivity index (χ0) is 73.0. The van der Waals surface area contributed by atoms with Crippen molar-refractivity contribution in [2.75, 3.05) is 39.6 Å². The normalized spacial score (nSPS) is 14.0. The number of unbranched alkanes of at least 4 members (excludes halogenated alkanes) is 46. The number of rotatable bonds is 78. The van der Waals surface area contributed by atoms with Crippen LogP contribution in [0.5, 0.6) is 0 Å². The predicted molar refractivity (Wildman–Crippen MR) is 405 cm³/mol. The maximum absolute atomic E-state index is 13.1. The summed E-state index contributed by atoms with van der Waals surface area (Å²) >= 11 is 0. The largest absolute Gasteiger partial charge is 0.472 e. The highest BCUT2D eigenvalue weighted by atomic mass is 31.2. The van der Waals surface area contributed by atoms with Crippen molar-refractivity contribution in [2.24, 2.45) is 17.8 Å². The van der Waals surface area contributed by atoms with E-state index in [1.807, 2.05) is 0 Å². The molecule has 0 heterocycles. The molecule has 0 amide bonds. The molecule has 17 nitrogen and oxygen atoms in total. The number of ether oxygens (including phenoxy) is 4. The molecule has 0 fully saturated rings. The van der Waals surface area contributed by atoms with Gasteiger partial charge in [0.15, 0.2) is 12.2 Å². The van der Waals surface area contributed by atoms with Gasteiger partial charge in [-0.3, -0.25) is 37.3 Å². The Labute approximate surface area is 607 Å². The summed E-state index contributed by atoms with van der Waals surface area (Å²) in [5.74, 6) is 0.211. The van der Waals surface area contributed by atoms with E-state index in [1.165, 1.54) is 225 Å². The van der Waals surface area contributed by atoms with Crippen LogP contribution in [0.2, 0.25) is 0 Å². The van der Waals surface area contributed by atoms with Crippen LogP contribution in [0.1, 0.15) is 414 Å². The third-order valence-electron chi connectivity index (χ3n) is 18.6. The smallest absolute Gasteiger partial charge is 0.462 e. The molecule has 0 aromatic heterocycles. The van der Waals surface area contributed by atoms with Crippen molar-refractivity contribution >= 4 is 39.5 Å². The Morgan fingerprint density at radius 2 is 0.465 bits per heavy atom. The number of hydrogen-bond donors (Lipinski definition) is 3. The third kappa shape index (κ3) is 74.1. The molecule has 5 atom stereocenters. The van der Waals surface area contributed by atoms with Gasteiger partial charge in [0.1, 0.15) is 19.3 Å². The lowest BCUT2D eigenvalue weighted by Crippen LogP contribution is -2.30. The quantitative estimate of drug-likeness (QED) is 0.0222. The maximum atomic E-state index is 13.1. The van der Waals surface area contributed by atoms with Crippen molar-refractivity contribution in [3.8, 4) is 0 Å². The number of aliphatic hydroxyl groups excluding tert-OH is 1. The van der Waals surface area contributed by atoms with Gasteiger partial charge < -0.3 is 33.8 Å². The Hall–Kier alpha value is -1.94. The molecule has 0 aliphatic heterocycles. The second kappa shape index (κ2) is 70.4. The van der Waals surface area contributed by atoms with E-state index in [9.17, 15) is 43.2 Å². The number of carbonyl (C=O) groups is 4. The lowest BCUT2D eigenvalue weighted by atomic mass is 10.0. The van der Waals surface area contributed by atoms with Crippen LogP contribution in [0.15, 0.2) is 0 Å². The van der Waals surface area contributed by atoms with Crippen LogP contribution in [0.3, 0.4) is 0 Å². The van der Waals surface area contributed by atoms with Crippen LogP contribution in [0.25, 0.3) is 0 Å². The highest BCUT2D eigenvalue weighted by Gasteiger charge is 2.30. The monoisotopic (exact) mass is 1450 g/mol. The van der Waals surface area contributed by atoms with Crippen molar-refractivity contribution in [1.29, 1.82) is 0 Å². The highest BCUT2D eigenvalue weighted by Crippen LogP contribution is 2.45. The van der Waals surface area contributed by atoms with Crippen LogP contribution in [-0.2, 0) is 65.4 Å². The zero-order valence-electron chi connectivity index (χ0n) is 65.0. The van der Waals surface area contributed by atoms with Crippen molar-refractivity contribution < 1.29 is 80.2 Å². The fourth-order valence-corrected chi connectivity index (χ4v) is 13.9. The Kier molecular flexibility index (Phi) is 69.0. The molecule has 0 aromatic carbocycles. The van der Waals surface area contributed by atoms with Gasteiger partial charge in [0, 0.05) is 25.7 Å². The number of phosphoric acid groups is 2. The summed E-state index contributed by atoms with van der Waals surface area (Å²) in [6.07, 6.45) is 58.3. The summed E-state index contributed by atoms with van der Waals surface area (Å²) in [6.45, 7) is 11.9. The first kappa shape index (κ1) is 97.1. The SMILES string of the molecule is CCCCCCCCCCCCCCCC(=O)O[C@H](COC(=O)CCCCCCCCCCCC(C)C)COP(=O)(O)OC[C@H](O)COP(=O)(O)OC[C@@H](COC(=O)CCCCCCCCCCCCC(C)C)OC(=O)CCCCCCCCCCCCCCCCCCCCC(C)C. The molecule has 0 aromatic rings. The van der Waals surface area contributed by atoms with Crippen LogP contribution >= 0.6 is 15.6 Å². The van der Waals surface area contributed by atoms with Crippen LogP contribution < -0.4 is 0 Å². The second-order valence-electron chi connectivity index (χ2n) is 30.2. The first-order chi connectivity index (χ1) is 47.7. The summed E-state index contributed by atoms with van der Waals surface area (Å²) in [5.41, 5.74) is 0. The molecule has 0 rings (SSSR count). The molecule has 0 saturated carbocycles. The minimum Gasteiger partial charge on any atom is -0.462 e. The van der Waals surface area contributed by atoms with Gasteiger partial charge in [-0.05, 0) is 43.4 Å². The van der Waals surface area contributed by atoms with Crippen molar-refractivity contribution in [3.63, 3.8) is 0 Å². The zero-order valence-corrected chi connectivity index (χ0v) is 66.8. The molecular weight excluding hydrogens is 1290 g/mol. The van der Waals surface area contributed by atoms with E-state index in [4.69, 9.17) is 37.0 Å². The Morgan fingerprint density at radius 3 is 0.687 bits per heavy atom. The van der Waals surface area contributed by atoms with Gasteiger partial charge in [-0.2, -0.15) is 0 Å². The molecule has 0 aliphatic rings. The molecule has 99 heavy (non-hydrogen) atoms. The lowest BCUT2D eigenvalue weighted by Gasteiger charge is -2.21. The molecule has 588 valence electrons. The summed E-state index contributed by atoms with van der Waals surface area (Å²) in [7, 11) is -9.92. The number of phosphoric ester groups is 2. The van der Waals surface area contributed by atoms with Crippen LogP contribution in [-0.4, -0.2) is 96.7 Å². The summed E-state index contributed by atoms with van der Waals surface area (Å²) in [5, 5.41) is 10.6. The van der Waals surface area contributed by atoms with Gasteiger partial charge in [-0.15, -0.1) is 0 Å². The van der Waals surface area contributed by atoms with Gasteiger partial charge in [-0.1, -0.05) is 363 Å². The van der Waals surface area contributed by atoms with E-state index in [0.717, 1.165) is 108 Å². The summed E-state index contributed by atoms with van der Waals surface area (Å²) in [6, 6.07) is 0. The Balaban J connectivity index is 5.22. The minimum atomic E-state index is -4.96. The summed E-state index contributed by atoms with van der Waals surface area (Å²) < 4.78 is 68.7. The number of carbonyl (C=O) groups excluding carboxylic acids is 4. The van der Waals surface area contributed by atoms with E-state index >= 15 is 0 Å². The summed E-state index contributed by atoms with van der Waals surface area (Å²) in [4.78, 5) is 73.0. The molecule has 0 saturated heterocycles. The highest BCUT2D eigenvalue weighted by molar-refractivity contribution is 7.47. The molecule has 0 bridgehead atoms. The molecule has 0 radical (unpaired) electrons.